The predicted molar refractivity (Wildman–Crippen MR) is 91.3 cm³/mol. The van der Waals surface area contributed by atoms with Crippen LogP contribution in [0.25, 0.3) is 0 Å². The van der Waals surface area contributed by atoms with Gasteiger partial charge in [-0.2, -0.15) is 5.26 Å². The average Bonchev–Trinajstić information content (AvgIpc) is 2.63. The number of anilines is 1. The summed E-state index contributed by atoms with van der Waals surface area (Å²) in [5.41, 5.74) is 2.26. The van der Waals surface area contributed by atoms with Crippen LogP contribution in [0.4, 0.5) is 10.5 Å². The van der Waals surface area contributed by atoms with Gasteiger partial charge in [-0.25, -0.2) is 4.79 Å². The lowest BCUT2D eigenvalue weighted by Crippen LogP contribution is -2.49. The second-order valence-corrected chi connectivity index (χ2v) is 5.71. The van der Waals surface area contributed by atoms with Crippen LogP contribution in [-0.2, 0) is 6.54 Å². The van der Waals surface area contributed by atoms with Gasteiger partial charge in [0.2, 0.25) is 0 Å². The topological polar surface area (TPSA) is 72.3 Å². The fourth-order valence-electron chi connectivity index (χ4n) is 2.74. The van der Waals surface area contributed by atoms with Crippen molar-refractivity contribution in [2.45, 2.75) is 6.54 Å². The molecule has 0 spiro atoms. The molecule has 3 rings (SSSR count). The standard InChI is InChI=1S/C18H19N5O/c19-13-16-3-1-2-4-17(16)21-18(24)23-11-9-22(10-12-23)14-15-5-7-20-8-6-15/h1-8H,9-12,14H2,(H,21,24). The molecule has 6 heteroatoms. The zero-order chi connectivity index (χ0) is 16.8. The number of nitrogens with zero attached hydrogens (tertiary/aromatic N) is 4. The lowest BCUT2D eigenvalue weighted by atomic mass is 10.2. The first-order valence-electron chi connectivity index (χ1n) is 7.92. The van der Waals surface area contributed by atoms with Crippen molar-refractivity contribution in [3.8, 4) is 6.07 Å². The number of para-hydroxylation sites is 1. The van der Waals surface area contributed by atoms with Crippen LogP contribution in [0.5, 0.6) is 0 Å². The van der Waals surface area contributed by atoms with E-state index in [9.17, 15) is 4.79 Å². The molecule has 2 heterocycles. The molecule has 24 heavy (non-hydrogen) atoms. The van der Waals surface area contributed by atoms with Crippen LogP contribution in [0.15, 0.2) is 48.8 Å². The Kier molecular flexibility index (Phi) is 5.04. The number of amides is 2. The fourth-order valence-corrected chi connectivity index (χ4v) is 2.74. The molecule has 0 bridgehead atoms. The van der Waals surface area contributed by atoms with E-state index in [-0.39, 0.29) is 6.03 Å². The minimum absolute atomic E-state index is 0.152. The largest absolute Gasteiger partial charge is 0.322 e. The van der Waals surface area contributed by atoms with Crippen molar-refractivity contribution in [3.63, 3.8) is 0 Å². The van der Waals surface area contributed by atoms with Gasteiger partial charge in [0.05, 0.1) is 11.3 Å². The van der Waals surface area contributed by atoms with Crippen molar-refractivity contribution >= 4 is 11.7 Å². The lowest BCUT2D eigenvalue weighted by Gasteiger charge is -2.34. The van der Waals surface area contributed by atoms with E-state index in [1.54, 1.807) is 35.5 Å². The van der Waals surface area contributed by atoms with Crippen LogP contribution < -0.4 is 5.32 Å². The number of nitrogens with one attached hydrogen (secondary N) is 1. The van der Waals surface area contributed by atoms with Crippen molar-refractivity contribution in [3.05, 3.63) is 59.9 Å². The van der Waals surface area contributed by atoms with Gasteiger partial charge in [-0.15, -0.1) is 0 Å². The number of urea groups is 1. The highest BCUT2D eigenvalue weighted by Gasteiger charge is 2.21. The van der Waals surface area contributed by atoms with Gasteiger partial charge in [0.1, 0.15) is 6.07 Å². The molecule has 0 unspecified atom stereocenters. The summed E-state index contributed by atoms with van der Waals surface area (Å²) in [6.07, 6.45) is 3.59. The third kappa shape index (κ3) is 3.89. The van der Waals surface area contributed by atoms with Crippen molar-refractivity contribution in [1.29, 1.82) is 5.26 Å². The molecule has 0 saturated carbocycles. The van der Waals surface area contributed by atoms with Gasteiger partial charge < -0.3 is 10.2 Å². The van der Waals surface area contributed by atoms with Gasteiger partial charge in [-0.3, -0.25) is 9.88 Å². The number of carbonyl (C=O) groups excluding carboxylic acids is 1. The number of aromatic nitrogens is 1. The Hall–Kier alpha value is -2.91. The molecule has 0 atom stereocenters. The summed E-state index contributed by atoms with van der Waals surface area (Å²) < 4.78 is 0. The number of hydrogen-bond donors (Lipinski definition) is 1. The monoisotopic (exact) mass is 321 g/mol. The third-order valence-corrected chi connectivity index (χ3v) is 4.10. The van der Waals surface area contributed by atoms with Gasteiger partial charge in [0.15, 0.2) is 0 Å². The van der Waals surface area contributed by atoms with Crippen LogP contribution in [0.1, 0.15) is 11.1 Å². The van der Waals surface area contributed by atoms with E-state index in [1.165, 1.54) is 5.56 Å². The van der Waals surface area contributed by atoms with Crippen molar-refractivity contribution in [2.75, 3.05) is 31.5 Å². The second-order valence-electron chi connectivity index (χ2n) is 5.71. The maximum Gasteiger partial charge on any atom is 0.321 e. The summed E-state index contributed by atoms with van der Waals surface area (Å²) in [5.74, 6) is 0. The third-order valence-electron chi connectivity index (χ3n) is 4.10. The molecule has 0 radical (unpaired) electrons. The number of pyridine rings is 1. The average molecular weight is 321 g/mol. The Morgan fingerprint density at radius 1 is 1.12 bits per heavy atom. The van der Waals surface area contributed by atoms with Crippen LogP contribution in [0.2, 0.25) is 0 Å². The summed E-state index contributed by atoms with van der Waals surface area (Å²) in [4.78, 5) is 20.5. The maximum absolute atomic E-state index is 12.4. The van der Waals surface area contributed by atoms with E-state index in [0.717, 1.165) is 19.6 Å². The van der Waals surface area contributed by atoms with Crippen molar-refractivity contribution < 1.29 is 4.79 Å². The number of nitriles is 1. The molecule has 1 saturated heterocycles. The van der Waals surface area contributed by atoms with Gasteiger partial charge in [0, 0.05) is 45.1 Å². The maximum atomic E-state index is 12.4. The van der Waals surface area contributed by atoms with Crippen LogP contribution >= 0.6 is 0 Å². The number of rotatable bonds is 3. The van der Waals surface area contributed by atoms with Crippen LogP contribution in [-0.4, -0.2) is 47.0 Å². The van der Waals surface area contributed by atoms with E-state index in [4.69, 9.17) is 5.26 Å². The van der Waals surface area contributed by atoms with E-state index in [0.29, 0.717) is 24.3 Å². The molecule has 1 aromatic heterocycles. The predicted octanol–water partition coefficient (Wildman–Crippen LogP) is 2.30. The van der Waals surface area contributed by atoms with Crippen LogP contribution in [0.3, 0.4) is 0 Å². The summed E-state index contributed by atoms with van der Waals surface area (Å²) in [5, 5.41) is 11.9. The van der Waals surface area contributed by atoms with Gasteiger partial charge in [-0.1, -0.05) is 12.1 Å². The molecular weight excluding hydrogens is 302 g/mol. The summed E-state index contributed by atoms with van der Waals surface area (Å²) in [6, 6.07) is 13.0. The quantitative estimate of drug-likeness (QED) is 0.941. The van der Waals surface area contributed by atoms with E-state index in [1.807, 2.05) is 18.2 Å². The second kappa shape index (κ2) is 7.57. The first-order valence-corrected chi connectivity index (χ1v) is 7.92. The SMILES string of the molecule is N#Cc1ccccc1NC(=O)N1CCN(Cc2ccncc2)CC1. The zero-order valence-corrected chi connectivity index (χ0v) is 13.4. The summed E-state index contributed by atoms with van der Waals surface area (Å²) in [6.45, 7) is 3.87. The Morgan fingerprint density at radius 2 is 1.83 bits per heavy atom. The molecular formula is C18H19N5O. The van der Waals surface area contributed by atoms with Crippen LogP contribution in [0, 0.1) is 11.3 Å². The molecule has 2 aromatic rings. The Balaban J connectivity index is 1.53. The number of piperazine rings is 1. The van der Waals surface area contributed by atoms with Crippen molar-refractivity contribution in [2.24, 2.45) is 0 Å². The minimum Gasteiger partial charge on any atom is -0.322 e. The van der Waals surface area contributed by atoms with E-state index >= 15 is 0 Å². The molecule has 1 fully saturated rings. The zero-order valence-electron chi connectivity index (χ0n) is 13.4. The molecule has 0 aliphatic carbocycles. The first kappa shape index (κ1) is 16.0. The molecule has 122 valence electrons. The van der Waals surface area contributed by atoms with Gasteiger partial charge in [0.25, 0.3) is 0 Å². The Labute approximate surface area is 141 Å². The molecule has 1 aliphatic rings. The number of benzene rings is 1. The Bertz CT molecular complexity index is 733. The minimum atomic E-state index is -0.152. The van der Waals surface area contributed by atoms with E-state index < -0.39 is 0 Å². The normalized spacial score (nSPS) is 14.9. The molecule has 2 amide bonds. The van der Waals surface area contributed by atoms with Gasteiger partial charge >= 0.3 is 6.03 Å². The molecule has 1 aromatic carbocycles. The van der Waals surface area contributed by atoms with Crippen molar-refractivity contribution in [1.82, 2.24) is 14.8 Å². The highest BCUT2D eigenvalue weighted by molar-refractivity contribution is 5.90. The smallest absolute Gasteiger partial charge is 0.321 e. The Morgan fingerprint density at radius 3 is 2.54 bits per heavy atom. The highest BCUT2D eigenvalue weighted by atomic mass is 16.2. The van der Waals surface area contributed by atoms with Gasteiger partial charge in [-0.05, 0) is 29.8 Å². The lowest BCUT2D eigenvalue weighted by molar-refractivity contribution is 0.143. The fraction of sp³-hybridized carbons (Fsp3) is 0.278. The molecule has 1 N–H and O–H groups in total. The molecule has 6 nitrogen and oxygen atoms in total. The van der Waals surface area contributed by atoms with E-state index in [2.05, 4.69) is 21.3 Å². The highest BCUT2D eigenvalue weighted by Crippen LogP contribution is 2.15. The first-order chi connectivity index (χ1) is 11.8. The number of hydrogen-bond acceptors (Lipinski definition) is 4. The molecule has 1 aliphatic heterocycles. The number of carbonyl (C=O) groups is 1. The summed E-state index contributed by atoms with van der Waals surface area (Å²) in [7, 11) is 0. The summed E-state index contributed by atoms with van der Waals surface area (Å²) >= 11 is 0.